The zero-order valence-electron chi connectivity index (χ0n) is 17.4. The van der Waals surface area contributed by atoms with E-state index in [1.165, 1.54) is 34.1 Å². The van der Waals surface area contributed by atoms with Gasteiger partial charge in [0.1, 0.15) is 11.5 Å². The van der Waals surface area contributed by atoms with Gasteiger partial charge < -0.3 is 19.4 Å². The molecule has 1 fully saturated rings. The van der Waals surface area contributed by atoms with E-state index in [4.69, 9.17) is 9.47 Å². The molecule has 0 bridgehead atoms. The maximum atomic E-state index is 5.96. The van der Waals surface area contributed by atoms with Crippen LogP contribution < -0.4 is 14.4 Å². The van der Waals surface area contributed by atoms with Crippen molar-refractivity contribution in [2.75, 3.05) is 44.3 Å². The summed E-state index contributed by atoms with van der Waals surface area (Å²) < 4.78 is 11.6. The van der Waals surface area contributed by atoms with Gasteiger partial charge in [0.05, 0.1) is 13.2 Å². The Labute approximate surface area is 177 Å². The molecule has 30 heavy (non-hydrogen) atoms. The SMILES string of the molecule is c1cc2c3c(c[nH]c3c1)CC1CN(CCCCOc3ccc4c(c3)OCC4)CCN21. The van der Waals surface area contributed by atoms with Gasteiger partial charge in [-0.05, 0) is 55.1 Å². The van der Waals surface area contributed by atoms with Gasteiger partial charge in [0.2, 0.25) is 0 Å². The second-order valence-corrected chi connectivity index (χ2v) is 8.79. The molecule has 5 heteroatoms. The van der Waals surface area contributed by atoms with Crippen LogP contribution in [0.1, 0.15) is 24.0 Å². The Bertz CT molecular complexity index is 1060. The molecule has 0 radical (unpaired) electrons. The number of fused-ring (bicyclic) bond motifs is 3. The summed E-state index contributed by atoms with van der Waals surface area (Å²) in [4.78, 5) is 8.73. The van der Waals surface area contributed by atoms with Crippen molar-refractivity contribution in [2.24, 2.45) is 0 Å². The monoisotopic (exact) mass is 403 g/mol. The Hall–Kier alpha value is -2.66. The van der Waals surface area contributed by atoms with Crippen LogP contribution >= 0.6 is 0 Å². The van der Waals surface area contributed by atoms with Gasteiger partial charge in [-0.2, -0.15) is 0 Å². The van der Waals surface area contributed by atoms with Gasteiger partial charge in [-0.1, -0.05) is 12.1 Å². The highest BCUT2D eigenvalue weighted by atomic mass is 16.5. The predicted octanol–water partition coefficient (Wildman–Crippen LogP) is 4.01. The third-order valence-corrected chi connectivity index (χ3v) is 6.90. The quantitative estimate of drug-likeness (QED) is 0.632. The lowest BCUT2D eigenvalue weighted by molar-refractivity contribution is 0.209. The number of nitrogens with one attached hydrogen (secondary N) is 1. The molecule has 6 rings (SSSR count). The molecule has 1 aromatic heterocycles. The molecular formula is C25H29N3O2. The number of unbranched alkanes of at least 4 members (excludes halogenated alkanes) is 1. The number of aromatic amines is 1. The number of aromatic nitrogens is 1. The molecule has 3 aliphatic heterocycles. The second kappa shape index (κ2) is 7.55. The molecular weight excluding hydrogens is 374 g/mol. The first kappa shape index (κ1) is 18.1. The van der Waals surface area contributed by atoms with E-state index in [1.54, 1.807) is 0 Å². The van der Waals surface area contributed by atoms with Gasteiger partial charge in [-0.3, -0.25) is 4.90 Å². The lowest BCUT2D eigenvalue weighted by Crippen LogP contribution is -2.55. The minimum absolute atomic E-state index is 0.593. The van der Waals surface area contributed by atoms with Crippen LogP contribution in [0, 0.1) is 0 Å². The Kier molecular flexibility index (Phi) is 4.56. The van der Waals surface area contributed by atoms with Crippen LogP contribution in [0.15, 0.2) is 42.6 Å². The summed E-state index contributed by atoms with van der Waals surface area (Å²) in [6.45, 7) is 6.16. The fourth-order valence-corrected chi connectivity index (χ4v) is 5.37. The Morgan fingerprint density at radius 1 is 1.10 bits per heavy atom. The number of rotatable bonds is 6. The number of anilines is 1. The zero-order chi connectivity index (χ0) is 19.9. The van der Waals surface area contributed by atoms with E-state index in [2.05, 4.69) is 51.3 Å². The minimum atomic E-state index is 0.593. The first-order valence-corrected chi connectivity index (χ1v) is 11.3. The minimum Gasteiger partial charge on any atom is -0.493 e. The third-order valence-electron chi connectivity index (χ3n) is 6.90. The largest absolute Gasteiger partial charge is 0.493 e. The van der Waals surface area contributed by atoms with E-state index >= 15 is 0 Å². The van der Waals surface area contributed by atoms with Crippen molar-refractivity contribution in [3.63, 3.8) is 0 Å². The number of nitrogens with zero attached hydrogens (tertiary/aromatic N) is 2. The summed E-state index contributed by atoms with van der Waals surface area (Å²) in [5.74, 6) is 1.93. The third kappa shape index (κ3) is 3.21. The van der Waals surface area contributed by atoms with E-state index < -0.39 is 0 Å². The van der Waals surface area contributed by atoms with Crippen molar-refractivity contribution in [3.05, 3.63) is 53.7 Å². The topological polar surface area (TPSA) is 40.7 Å². The molecule has 2 aromatic carbocycles. The highest BCUT2D eigenvalue weighted by molar-refractivity contribution is 5.96. The van der Waals surface area contributed by atoms with Gasteiger partial charge in [0, 0.05) is 61.0 Å². The van der Waals surface area contributed by atoms with Gasteiger partial charge >= 0.3 is 0 Å². The van der Waals surface area contributed by atoms with Gasteiger partial charge in [0.15, 0.2) is 0 Å². The fraction of sp³-hybridized carbons (Fsp3) is 0.440. The van der Waals surface area contributed by atoms with E-state index in [0.29, 0.717) is 6.04 Å². The molecule has 5 nitrogen and oxygen atoms in total. The smallest absolute Gasteiger partial charge is 0.126 e. The van der Waals surface area contributed by atoms with Crippen molar-refractivity contribution < 1.29 is 9.47 Å². The molecule has 4 heterocycles. The average Bonchev–Trinajstić information content (AvgIpc) is 3.41. The van der Waals surface area contributed by atoms with Crippen LogP contribution in [0.2, 0.25) is 0 Å². The molecule has 0 aliphatic carbocycles. The molecule has 0 spiro atoms. The van der Waals surface area contributed by atoms with Crippen LogP contribution in [0.4, 0.5) is 5.69 Å². The van der Waals surface area contributed by atoms with E-state index in [0.717, 1.165) is 70.2 Å². The Morgan fingerprint density at radius 3 is 3.10 bits per heavy atom. The number of hydrogen-bond donors (Lipinski definition) is 1. The molecule has 0 amide bonds. The zero-order valence-corrected chi connectivity index (χ0v) is 17.4. The molecule has 1 unspecified atom stereocenters. The van der Waals surface area contributed by atoms with Crippen LogP contribution in [0.3, 0.4) is 0 Å². The Morgan fingerprint density at radius 2 is 2.10 bits per heavy atom. The van der Waals surface area contributed by atoms with Crippen LogP contribution in [0.5, 0.6) is 11.5 Å². The lowest BCUT2D eigenvalue weighted by atomic mass is 9.94. The standard InChI is InChI=1S/C25H29N3O2/c1(2-12-29-21-7-6-18-8-13-30-24(18)15-21)9-27-10-11-28-20(17-27)14-19-16-26-22-4-3-5-23(28)25(19)22/h3-7,15-16,20,26H,1-2,8-14,17H2. The van der Waals surface area contributed by atoms with E-state index in [9.17, 15) is 0 Å². The molecule has 0 saturated carbocycles. The van der Waals surface area contributed by atoms with Crippen LogP contribution in [0.25, 0.3) is 10.9 Å². The summed E-state index contributed by atoms with van der Waals surface area (Å²) in [7, 11) is 0. The van der Waals surface area contributed by atoms with E-state index in [1.807, 2.05) is 6.07 Å². The van der Waals surface area contributed by atoms with Gasteiger partial charge in [-0.15, -0.1) is 0 Å². The first-order valence-electron chi connectivity index (χ1n) is 11.3. The summed E-state index contributed by atoms with van der Waals surface area (Å²) in [6.07, 6.45) is 6.65. The summed E-state index contributed by atoms with van der Waals surface area (Å²) in [6, 6.07) is 13.5. The Balaban J connectivity index is 0.993. The van der Waals surface area contributed by atoms with Crippen molar-refractivity contribution >= 4 is 16.6 Å². The number of H-pyrrole nitrogens is 1. The van der Waals surface area contributed by atoms with Crippen molar-refractivity contribution in [1.82, 2.24) is 9.88 Å². The number of benzene rings is 2. The summed E-state index contributed by atoms with van der Waals surface area (Å²) in [5.41, 5.74) is 5.48. The highest BCUT2D eigenvalue weighted by Crippen LogP contribution is 2.37. The maximum Gasteiger partial charge on any atom is 0.126 e. The van der Waals surface area contributed by atoms with Crippen LogP contribution in [-0.2, 0) is 12.8 Å². The van der Waals surface area contributed by atoms with Crippen molar-refractivity contribution in [1.29, 1.82) is 0 Å². The van der Waals surface area contributed by atoms with E-state index in [-0.39, 0.29) is 0 Å². The molecule has 3 aliphatic rings. The van der Waals surface area contributed by atoms with Crippen LogP contribution in [-0.4, -0.2) is 55.3 Å². The first-order chi connectivity index (χ1) is 14.8. The molecule has 156 valence electrons. The number of hydrogen-bond acceptors (Lipinski definition) is 4. The normalized spacial score (nSPS) is 20.1. The van der Waals surface area contributed by atoms with Crippen molar-refractivity contribution in [2.45, 2.75) is 31.7 Å². The average molecular weight is 404 g/mol. The van der Waals surface area contributed by atoms with Gasteiger partial charge in [-0.25, -0.2) is 0 Å². The maximum absolute atomic E-state index is 5.96. The van der Waals surface area contributed by atoms with Crippen molar-refractivity contribution in [3.8, 4) is 11.5 Å². The predicted molar refractivity (Wildman–Crippen MR) is 120 cm³/mol. The fourth-order valence-electron chi connectivity index (χ4n) is 5.37. The molecule has 1 saturated heterocycles. The second-order valence-electron chi connectivity index (χ2n) is 8.79. The molecule has 1 atom stereocenters. The number of ether oxygens (including phenoxy) is 2. The lowest BCUT2D eigenvalue weighted by Gasteiger charge is -2.45. The highest BCUT2D eigenvalue weighted by Gasteiger charge is 2.32. The molecule has 1 N–H and O–H groups in total. The summed E-state index contributed by atoms with van der Waals surface area (Å²) in [5, 5.41) is 1.44. The number of piperazine rings is 1. The van der Waals surface area contributed by atoms with Gasteiger partial charge in [0.25, 0.3) is 0 Å². The summed E-state index contributed by atoms with van der Waals surface area (Å²) >= 11 is 0. The molecule has 3 aromatic rings.